The van der Waals surface area contributed by atoms with E-state index in [1.807, 2.05) is 23.1 Å². The molecule has 32 heavy (non-hydrogen) atoms. The highest BCUT2D eigenvalue weighted by molar-refractivity contribution is 5.89. The molecule has 5 rings (SSSR count). The van der Waals surface area contributed by atoms with Crippen LogP contribution in [0.1, 0.15) is 42.4 Å². The summed E-state index contributed by atoms with van der Waals surface area (Å²) in [6.07, 6.45) is 5.86. The third-order valence-electron chi connectivity index (χ3n) is 7.51. The second kappa shape index (κ2) is 9.45. The van der Waals surface area contributed by atoms with Crippen molar-refractivity contribution in [2.24, 2.45) is 5.92 Å². The first kappa shape index (κ1) is 21.2. The predicted molar refractivity (Wildman–Crippen MR) is 125 cm³/mol. The van der Waals surface area contributed by atoms with E-state index >= 15 is 0 Å². The summed E-state index contributed by atoms with van der Waals surface area (Å²) in [5.41, 5.74) is 3.91. The van der Waals surface area contributed by atoms with Crippen LogP contribution in [0.5, 0.6) is 0 Å². The predicted octanol–water partition coefficient (Wildman–Crippen LogP) is 3.17. The molecule has 0 aromatic heterocycles. The van der Waals surface area contributed by atoms with Crippen LogP contribution in [-0.4, -0.2) is 53.3 Å². The van der Waals surface area contributed by atoms with E-state index in [0.29, 0.717) is 25.0 Å². The lowest BCUT2D eigenvalue weighted by atomic mass is 9.85. The van der Waals surface area contributed by atoms with E-state index in [1.54, 1.807) is 0 Å². The van der Waals surface area contributed by atoms with Gasteiger partial charge in [0.2, 0.25) is 11.8 Å². The summed E-state index contributed by atoms with van der Waals surface area (Å²) in [5.74, 6) is 0.704. The van der Waals surface area contributed by atoms with Crippen LogP contribution in [-0.2, 0) is 29.0 Å². The topological polar surface area (TPSA) is 52.7 Å². The standard InChI is InChI=1S/C27H33N3O2/c31-26(29(19-21-9-6-10-21)18-20-7-2-1-3-8-20)17-25-27(32)28-13-14-30(25)24-15-22-11-4-5-12-23(22)16-24/h1-5,7-8,11-12,21,24-25H,6,9-10,13-19H2,(H,28,32). The maximum atomic E-state index is 13.5. The van der Waals surface area contributed by atoms with E-state index in [-0.39, 0.29) is 24.3 Å². The summed E-state index contributed by atoms with van der Waals surface area (Å²) in [6, 6.07) is 18.7. The van der Waals surface area contributed by atoms with E-state index in [9.17, 15) is 9.59 Å². The van der Waals surface area contributed by atoms with Gasteiger partial charge >= 0.3 is 0 Å². The van der Waals surface area contributed by atoms with E-state index in [2.05, 4.69) is 46.6 Å². The molecule has 0 bridgehead atoms. The van der Waals surface area contributed by atoms with Gasteiger partial charge in [-0.2, -0.15) is 0 Å². The minimum atomic E-state index is -0.379. The fraction of sp³-hybridized carbons (Fsp3) is 0.481. The average molecular weight is 432 g/mol. The Morgan fingerprint density at radius 1 is 1.00 bits per heavy atom. The molecule has 0 radical (unpaired) electrons. The number of nitrogens with zero attached hydrogens (tertiary/aromatic N) is 2. The van der Waals surface area contributed by atoms with E-state index < -0.39 is 0 Å². The highest BCUT2D eigenvalue weighted by Crippen LogP contribution is 2.30. The zero-order chi connectivity index (χ0) is 21.9. The second-order valence-electron chi connectivity index (χ2n) is 9.64. The molecule has 1 saturated heterocycles. The molecule has 168 valence electrons. The van der Waals surface area contributed by atoms with Crippen LogP contribution >= 0.6 is 0 Å². The number of fused-ring (bicyclic) bond motifs is 1. The molecule has 0 spiro atoms. The Balaban J connectivity index is 1.30. The molecule has 2 amide bonds. The van der Waals surface area contributed by atoms with Crippen molar-refractivity contribution in [2.75, 3.05) is 19.6 Å². The summed E-state index contributed by atoms with van der Waals surface area (Å²) in [7, 11) is 0. The molecule has 2 aromatic carbocycles. The molecule has 3 aliphatic rings. The van der Waals surface area contributed by atoms with Crippen LogP contribution in [0.25, 0.3) is 0 Å². The maximum Gasteiger partial charge on any atom is 0.237 e. The van der Waals surface area contributed by atoms with E-state index in [4.69, 9.17) is 0 Å². The van der Waals surface area contributed by atoms with Gasteiger partial charge in [-0.15, -0.1) is 0 Å². The SMILES string of the molecule is O=C1NCCN(C2Cc3ccccc3C2)C1CC(=O)N(Cc1ccccc1)CC1CCC1. The molecule has 1 aliphatic heterocycles. The zero-order valence-corrected chi connectivity index (χ0v) is 18.7. The number of carbonyl (C=O) groups is 2. The molecule has 2 aromatic rings. The average Bonchev–Trinajstić information content (AvgIpc) is 3.21. The molecule has 1 saturated carbocycles. The number of benzene rings is 2. The first-order chi connectivity index (χ1) is 15.7. The van der Waals surface area contributed by atoms with Crippen molar-refractivity contribution < 1.29 is 9.59 Å². The number of nitrogens with one attached hydrogen (secondary N) is 1. The Morgan fingerprint density at radius 2 is 1.69 bits per heavy atom. The van der Waals surface area contributed by atoms with Crippen molar-refractivity contribution in [3.05, 3.63) is 71.3 Å². The van der Waals surface area contributed by atoms with Gasteiger partial charge in [0.05, 0.1) is 12.5 Å². The quantitative estimate of drug-likeness (QED) is 0.733. The zero-order valence-electron chi connectivity index (χ0n) is 18.7. The summed E-state index contributed by atoms with van der Waals surface area (Å²) in [6.45, 7) is 2.89. The van der Waals surface area contributed by atoms with E-state index in [0.717, 1.165) is 31.5 Å². The Morgan fingerprint density at radius 3 is 2.34 bits per heavy atom. The molecule has 5 heteroatoms. The molecule has 1 atom stereocenters. The Bertz CT molecular complexity index is 931. The molecule has 2 aliphatic carbocycles. The Hall–Kier alpha value is -2.66. The smallest absolute Gasteiger partial charge is 0.237 e. The number of hydrogen-bond acceptors (Lipinski definition) is 3. The van der Waals surface area contributed by atoms with Crippen molar-refractivity contribution in [3.8, 4) is 0 Å². The largest absolute Gasteiger partial charge is 0.353 e. The van der Waals surface area contributed by atoms with Crippen LogP contribution in [0.3, 0.4) is 0 Å². The van der Waals surface area contributed by atoms with Crippen molar-refractivity contribution in [1.29, 1.82) is 0 Å². The van der Waals surface area contributed by atoms with E-state index in [1.165, 1.54) is 30.4 Å². The molecule has 2 fully saturated rings. The monoisotopic (exact) mass is 431 g/mol. The van der Waals surface area contributed by atoms with Crippen molar-refractivity contribution in [2.45, 2.75) is 57.2 Å². The van der Waals surface area contributed by atoms with Gasteiger partial charge in [0.25, 0.3) is 0 Å². The van der Waals surface area contributed by atoms with Gasteiger partial charge in [-0.3, -0.25) is 14.5 Å². The third-order valence-corrected chi connectivity index (χ3v) is 7.51. The van der Waals surface area contributed by atoms with Crippen molar-refractivity contribution in [3.63, 3.8) is 0 Å². The minimum Gasteiger partial charge on any atom is -0.353 e. The first-order valence-corrected chi connectivity index (χ1v) is 12.1. The first-order valence-electron chi connectivity index (χ1n) is 12.1. The lowest BCUT2D eigenvalue weighted by molar-refractivity contribution is -0.140. The molecule has 1 unspecified atom stereocenters. The summed E-state index contributed by atoms with van der Waals surface area (Å²) in [4.78, 5) is 30.8. The van der Waals surface area contributed by atoms with Gasteiger partial charge in [0, 0.05) is 32.2 Å². The fourth-order valence-corrected chi connectivity index (χ4v) is 5.49. The second-order valence-corrected chi connectivity index (χ2v) is 9.64. The van der Waals surface area contributed by atoms with Crippen molar-refractivity contribution >= 4 is 11.8 Å². The maximum absolute atomic E-state index is 13.5. The van der Waals surface area contributed by atoms with Gasteiger partial charge in [0.15, 0.2) is 0 Å². The molecule has 1 heterocycles. The van der Waals surface area contributed by atoms with Crippen LogP contribution in [0.4, 0.5) is 0 Å². The molecular formula is C27H33N3O2. The fourth-order valence-electron chi connectivity index (χ4n) is 5.49. The van der Waals surface area contributed by atoms with Crippen LogP contribution < -0.4 is 5.32 Å². The van der Waals surface area contributed by atoms with Crippen LogP contribution in [0, 0.1) is 5.92 Å². The van der Waals surface area contributed by atoms with Gasteiger partial charge in [0.1, 0.15) is 0 Å². The number of amides is 2. The van der Waals surface area contributed by atoms with Crippen LogP contribution in [0.15, 0.2) is 54.6 Å². The highest BCUT2D eigenvalue weighted by Gasteiger charge is 2.39. The van der Waals surface area contributed by atoms with Gasteiger partial charge < -0.3 is 10.2 Å². The van der Waals surface area contributed by atoms with Crippen LogP contribution in [0.2, 0.25) is 0 Å². The van der Waals surface area contributed by atoms with Crippen molar-refractivity contribution in [1.82, 2.24) is 15.1 Å². The Labute approximate surface area is 190 Å². The highest BCUT2D eigenvalue weighted by atomic mass is 16.2. The molecule has 5 nitrogen and oxygen atoms in total. The number of carbonyl (C=O) groups excluding carboxylic acids is 2. The van der Waals surface area contributed by atoms with Gasteiger partial charge in [-0.1, -0.05) is 61.0 Å². The summed E-state index contributed by atoms with van der Waals surface area (Å²) >= 11 is 0. The van der Waals surface area contributed by atoms with Gasteiger partial charge in [-0.25, -0.2) is 0 Å². The Kier molecular flexibility index (Phi) is 6.26. The lowest BCUT2D eigenvalue weighted by Crippen LogP contribution is -2.60. The lowest BCUT2D eigenvalue weighted by Gasteiger charge is -2.40. The number of piperazine rings is 1. The number of hydrogen-bond donors (Lipinski definition) is 1. The summed E-state index contributed by atoms with van der Waals surface area (Å²) in [5, 5.41) is 3.01. The minimum absolute atomic E-state index is 0.00358. The summed E-state index contributed by atoms with van der Waals surface area (Å²) < 4.78 is 0. The molecular weight excluding hydrogens is 398 g/mol. The number of rotatable bonds is 7. The third kappa shape index (κ3) is 4.58. The van der Waals surface area contributed by atoms with Gasteiger partial charge in [-0.05, 0) is 48.3 Å². The molecule has 1 N–H and O–H groups in total. The normalized spacial score (nSPS) is 21.6.